The number of carbonyl (C=O) groups excluding carboxylic acids is 1. The van der Waals surface area contributed by atoms with Gasteiger partial charge < -0.3 is 14.8 Å². The maximum atomic E-state index is 12.9. The summed E-state index contributed by atoms with van der Waals surface area (Å²) in [5, 5.41) is 2.82. The molecule has 0 aliphatic heterocycles. The van der Waals surface area contributed by atoms with Gasteiger partial charge in [-0.2, -0.15) is 0 Å². The van der Waals surface area contributed by atoms with Gasteiger partial charge >= 0.3 is 0 Å². The van der Waals surface area contributed by atoms with Crippen LogP contribution >= 0.6 is 0 Å². The first-order chi connectivity index (χ1) is 15.2. The Bertz CT molecular complexity index is 1190. The van der Waals surface area contributed by atoms with Crippen molar-refractivity contribution in [2.75, 3.05) is 30.9 Å². The van der Waals surface area contributed by atoms with E-state index in [4.69, 9.17) is 9.47 Å². The molecule has 8 heteroatoms. The maximum Gasteiger partial charge on any atom is 0.264 e. The summed E-state index contributed by atoms with van der Waals surface area (Å²) in [7, 11) is 0.906. The predicted octanol–water partition coefficient (Wildman–Crippen LogP) is 4.02. The Hall–Kier alpha value is -3.52. The molecule has 0 fully saturated rings. The van der Waals surface area contributed by atoms with E-state index in [2.05, 4.69) is 5.32 Å². The van der Waals surface area contributed by atoms with Crippen LogP contribution in [0.4, 0.5) is 11.4 Å². The number of hydrogen-bond acceptors (Lipinski definition) is 5. The predicted molar refractivity (Wildman–Crippen MR) is 125 cm³/mol. The molecule has 0 bridgehead atoms. The van der Waals surface area contributed by atoms with Crippen molar-refractivity contribution in [2.24, 2.45) is 0 Å². The van der Waals surface area contributed by atoms with E-state index in [1.165, 1.54) is 18.5 Å². The second kappa shape index (κ2) is 9.74. The molecule has 3 aromatic carbocycles. The largest absolute Gasteiger partial charge is 0.497 e. The van der Waals surface area contributed by atoms with E-state index >= 15 is 0 Å². The smallest absolute Gasteiger partial charge is 0.264 e. The Morgan fingerprint density at radius 3 is 2.19 bits per heavy atom. The second-order valence-corrected chi connectivity index (χ2v) is 9.21. The molecule has 3 rings (SSSR count). The number of amides is 1. The number of sulfonamides is 1. The van der Waals surface area contributed by atoms with Crippen LogP contribution in [0, 0.1) is 6.92 Å². The van der Waals surface area contributed by atoms with Crippen LogP contribution in [-0.4, -0.2) is 35.6 Å². The molecule has 7 nitrogen and oxygen atoms in total. The standard InChI is InChI=1S/C24H26N2O5S/c1-17-5-12-21(13-6-17)32(28,29)26(2)19-9-7-18(8-10-19)15-24(27)25-22-16-20(30-3)11-14-23(22)31-4/h5-14,16H,15H2,1-4H3,(H,25,27). The third-order valence-electron chi connectivity index (χ3n) is 5.02. The van der Waals surface area contributed by atoms with Gasteiger partial charge in [0.15, 0.2) is 0 Å². The Balaban J connectivity index is 1.70. The summed E-state index contributed by atoms with van der Waals surface area (Å²) in [5.74, 6) is 0.894. The summed E-state index contributed by atoms with van der Waals surface area (Å²) in [6, 6.07) is 18.7. The molecule has 168 valence electrons. The summed E-state index contributed by atoms with van der Waals surface area (Å²) in [4.78, 5) is 12.7. The van der Waals surface area contributed by atoms with Crippen LogP contribution in [0.2, 0.25) is 0 Å². The molecule has 0 saturated heterocycles. The van der Waals surface area contributed by atoms with Gasteiger partial charge in [-0.1, -0.05) is 29.8 Å². The minimum atomic E-state index is -3.67. The summed E-state index contributed by atoms with van der Waals surface area (Å²) in [6.45, 7) is 1.90. The lowest BCUT2D eigenvalue weighted by molar-refractivity contribution is -0.115. The fraction of sp³-hybridized carbons (Fsp3) is 0.208. The highest BCUT2D eigenvalue weighted by Crippen LogP contribution is 2.29. The normalized spacial score (nSPS) is 11.0. The summed E-state index contributed by atoms with van der Waals surface area (Å²) in [5.41, 5.74) is 2.75. The van der Waals surface area contributed by atoms with E-state index in [1.807, 2.05) is 6.92 Å². The number of nitrogens with zero attached hydrogens (tertiary/aromatic N) is 1. The van der Waals surface area contributed by atoms with Crippen molar-refractivity contribution >= 4 is 27.3 Å². The van der Waals surface area contributed by atoms with E-state index in [0.717, 1.165) is 11.1 Å². The van der Waals surface area contributed by atoms with Crippen LogP contribution in [0.5, 0.6) is 11.5 Å². The van der Waals surface area contributed by atoms with Crippen LogP contribution in [0.1, 0.15) is 11.1 Å². The average Bonchev–Trinajstić information content (AvgIpc) is 2.79. The first-order valence-corrected chi connectivity index (χ1v) is 11.3. The van der Waals surface area contributed by atoms with Gasteiger partial charge in [0.1, 0.15) is 11.5 Å². The van der Waals surface area contributed by atoms with Crippen LogP contribution in [0.25, 0.3) is 0 Å². The molecule has 1 N–H and O–H groups in total. The van der Waals surface area contributed by atoms with Gasteiger partial charge in [-0.25, -0.2) is 8.42 Å². The molecule has 0 aromatic heterocycles. The summed E-state index contributed by atoms with van der Waals surface area (Å²) in [6.07, 6.45) is 0.120. The number of anilines is 2. The van der Waals surface area contributed by atoms with Gasteiger partial charge in [-0.15, -0.1) is 0 Å². The third-order valence-corrected chi connectivity index (χ3v) is 6.82. The average molecular weight is 455 g/mol. The van der Waals surface area contributed by atoms with Crippen LogP contribution in [0.15, 0.2) is 71.6 Å². The molecule has 3 aromatic rings. The first kappa shape index (κ1) is 23.1. The van der Waals surface area contributed by atoms with E-state index in [9.17, 15) is 13.2 Å². The van der Waals surface area contributed by atoms with Crippen LogP contribution < -0.4 is 19.1 Å². The topological polar surface area (TPSA) is 84.9 Å². The van der Waals surface area contributed by atoms with E-state index in [0.29, 0.717) is 22.9 Å². The fourth-order valence-corrected chi connectivity index (χ4v) is 4.32. The van der Waals surface area contributed by atoms with Gasteiger partial charge in [-0.3, -0.25) is 9.10 Å². The molecule has 0 aliphatic carbocycles. The zero-order valence-corrected chi connectivity index (χ0v) is 19.3. The fourth-order valence-electron chi connectivity index (χ4n) is 3.12. The van der Waals surface area contributed by atoms with Gasteiger partial charge in [0.2, 0.25) is 5.91 Å². The van der Waals surface area contributed by atoms with E-state index < -0.39 is 10.0 Å². The monoisotopic (exact) mass is 454 g/mol. The van der Waals surface area contributed by atoms with Crippen molar-refractivity contribution in [3.63, 3.8) is 0 Å². The van der Waals surface area contributed by atoms with Crippen molar-refractivity contribution in [1.29, 1.82) is 0 Å². The lowest BCUT2D eigenvalue weighted by Crippen LogP contribution is -2.26. The molecule has 0 atom stereocenters. The number of rotatable bonds is 8. The summed E-state index contributed by atoms with van der Waals surface area (Å²) < 4.78 is 37.4. The molecule has 0 spiro atoms. The van der Waals surface area contributed by atoms with E-state index in [-0.39, 0.29) is 17.2 Å². The quantitative estimate of drug-likeness (QED) is 0.556. The molecule has 1 amide bonds. The molecule has 0 heterocycles. The highest BCUT2D eigenvalue weighted by Gasteiger charge is 2.21. The zero-order valence-electron chi connectivity index (χ0n) is 18.5. The van der Waals surface area contributed by atoms with Crippen LogP contribution in [0.3, 0.4) is 0 Å². The number of aryl methyl sites for hydroxylation is 1. The lowest BCUT2D eigenvalue weighted by atomic mass is 10.1. The van der Waals surface area contributed by atoms with Gasteiger partial charge in [0.05, 0.1) is 36.9 Å². The minimum Gasteiger partial charge on any atom is -0.497 e. The number of hydrogen-bond donors (Lipinski definition) is 1. The molecule has 32 heavy (non-hydrogen) atoms. The minimum absolute atomic E-state index is 0.120. The number of carbonyl (C=O) groups is 1. The van der Waals surface area contributed by atoms with E-state index in [1.54, 1.807) is 73.8 Å². The second-order valence-electron chi connectivity index (χ2n) is 7.24. The highest BCUT2D eigenvalue weighted by molar-refractivity contribution is 7.92. The van der Waals surface area contributed by atoms with Crippen molar-refractivity contribution < 1.29 is 22.7 Å². The highest BCUT2D eigenvalue weighted by atomic mass is 32.2. The van der Waals surface area contributed by atoms with Gasteiger partial charge in [0.25, 0.3) is 10.0 Å². The molecular formula is C24H26N2O5S. The van der Waals surface area contributed by atoms with Crippen LogP contribution in [-0.2, 0) is 21.2 Å². The SMILES string of the molecule is COc1ccc(OC)c(NC(=O)Cc2ccc(N(C)S(=O)(=O)c3ccc(C)cc3)cc2)c1. The number of benzene rings is 3. The Morgan fingerprint density at radius 1 is 0.938 bits per heavy atom. The maximum absolute atomic E-state index is 12.9. The molecule has 0 unspecified atom stereocenters. The van der Waals surface area contributed by atoms with Gasteiger partial charge in [-0.05, 0) is 48.9 Å². The Labute approximate surface area is 188 Å². The lowest BCUT2D eigenvalue weighted by Gasteiger charge is -2.20. The molecule has 0 saturated carbocycles. The molecule has 0 radical (unpaired) electrons. The number of methoxy groups -OCH3 is 2. The first-order valence-electron chi connectivity index (χ1n) is 9.91. The summed E-state index contributed by atoms with van der Waals surface area (Å²) >= 11 is 0. The number of ether oxygens (including phenoxy) is 2. The molecule has 0 aliphatic rings. The Kier molecular flexibility index (Phi) is 7.05. The zero-order chi connectivity index (χ0) is 23.3. The third kappa shape index (κ3) is 5.20. The van der Waals surface area contributed by atoms with Gasteiger partial charge in [0, 0.05) is 13.1 Å². The number of nitrogens with one attached hydrogen (secondary N) is 1. The van der Waals surface area contributed by atoms with Crippen molar-refractivity contribution in [1.82, 2.24) is 0 Å². The van der Waals surface area contributed by atoms with Crippen molar-refractivity contribution in [3.05, 3.63) is 77.9 Å². The Morgan fingerprint density at radius 2 is 1.59 bits per heavy atom. The van der Waals surface area contributed by atoms with Crippen molar-refractivity contribution in [2.45, 2.75) is 18.2 Å². The molecular weight excluding hydrogens is 428 g/mol. The van der Waals surface area contributed by atoms with Crippen molar-refractivity contribution in [3.8, 4) is 11.5 Å².